The molecule has 0 bridgehead atoms. The van der Waals surface area contributed by atoms with Crippen LogP contribution in [0.2, 0.25) is 0 Å². The second-order valence-corrected chi connectivity index (χ2v) is 7.72. The quantitative estimate of drug-likeness (QED) is 0.417. The van der Waals surface area contributed by atoms with Gasteiger partial charge in [-0.05, 0) is 80.4 Å². The molecule has 0 radical (unpaired) electrons. The molecular weight excluding hydrogens is 318 g/mol. The smallest absolute Gasteiger partial charge is 0.338 e. The third kappa shape index (κ3) is 4.93. The molecule has 2 aliphatic rings. The Bertz CT molecular complexity index is 536. The molecule has 1 aromatic heterocycles. The minimum atomic E-state index is -0.107. The van der Waals surface area contributed by atoms with E-state index in [1.807, 2.05) is 5.38 Å². The predicted molar refractivity (Wildman–Crippen MR) is 100 cm³/mol. The van der Waals surface area contributed by atoms with E-state index in [1.54, 1.807) is 11.3 Å². The van der Waals surface area contributed by atoms with Crippen LogP contribution in [0.25, 0.3) is 5.57 Å². The second-order valence-electron chi connectivity index (χ2n) is 6.94. The fourth-order valence-corrected chi connectivity index (χ4v) is 4.46. The first kappa shape index (κ1) is 17.7. The number of likely N-dealkylation sites (tertiary alicyclic amines) is 1. The Morgan fingerprint density at radius 1 is 1.08 bits per heavy atom. The van der Waals surface area contributed by atoms with E-state index in [2.05, 4.69) is 16.3 Å². The van der Waals surface area contributed by atoms with Crippen LogP contribution in [0.3, 0.4) is 0 Å². The molecule has 0 N–H and O–H groups in total. The molecule has 0 unspecified atom stereocenters. The first-order chi connectivity index (χ1) is 11.8. The first-order valence-corrected chi connectivity index (χ1v) is 10.4. The van der Waals surface area contributed by atoms with E-state index in [0.29, 0.717) is 6.61 Å². The summed E-state index contributed by atoms with van der Waals surface area (Å²) in [4.78, 5) is 15.2. The van der Waals surface area contributed by atoms with E-state index in [9.17, 15) is 4.79 Å². The number of esters is 1. The summed E-state index contributed by atoms with van der Waals surface area (Å²) in [5.74, 6) is -0.107. The lowest BCUT2D eigenvalue weighted by Crippen LogP contribution is -2.31. The molecule has 1 saturated carbocycles. The minimum absolute atomic E-state index is 0.107. The molecule has 1 saturated heterocycles. The van der Waals surface area contributed by atoms with Crippen LogP contribution in [0, 0.1) is 0 Å². The van der Waals surface area contributed by atoms with E-state index in [0.717, 1.165) is 36.9 Å². The Hall–Kier alpha value is -1.13. The van der Waals surface area contributed by atoms with Gasteiger partial charge in [0.15, 0.2) is 0 Å². The molecule has 3 nitrogen and oxygen atoms in total. The van der Waals surface area contributed by atoms with Crippen molar-refractivity contribution in [3.8, 4) is 0 Å². The van der Waals surface area contributed by atoms with Crippen molar-refractivity contribution in [1.82, 2.24) is 4.90 Å². The van der Waals surface area contributed by atoms with Crippen LogP contribution in [-0.2, 0) is 9.53 Å². The van der Waals surface area contributed by atoms with Crippen LogP contribution in [-0.4, -0.2) is 37.1 Å². The van der Waals surface area contributed by atoms with Crippen LogP contribution in [0.15, 0.2) is 22.4 Å². The highest BCUT2D eigenvalue weighted by Gasteiger charge is 2.21. The van der Waals surface area contributed by atoms with Gasteiger partial charge in [-0.15, -0.1) is 0 Å². The molecule has 4 heteroatoms. The first-order valence-electron chi connectivity index (χ1n) is 9.48. The fourth-order valence-electron chi connectivity index (χ4n) is 3.81. The van der Waals surface area contributed by atoms with Crippen molar-refractivity contribution in [1.29, 1.82) is 0 Å². The van der Waals surface area contributed by atoms with Gasteiger partial charge in [0.2, 0.25) is 0 Å². The number of allylic oxidation sites excluding steroid dienone is 1. The van der Waals surface area contributed by atoms with E-state index >= 15 is 0 Å². The van der Waals surface area contributed by atoms with Gasteiger partial charge in [-0.2, -0.15) is 11.3 Å². The molecule has 0 aromatic carbocycles. The van der Waals surface area contributed by atoms with E-state index in [1.165, 1.54) is 57.2 Å². The number of carbonyl (C=O) groups excluding carboxylic acids is 1. The molecule has 1 aliphatic carbocycles. The summed E-state index contributed by atoms with van der Waals surface area (Å²) in [5.41, 5.74) is 3.22. The lowest BCUT2D eigenvalue weighted by molar-refractivity contribution is -0.136. The molecule has 2 fully saturated rings. The van der Waals surface area contributed by atoms with Gasteiger partial charge in [-0.3, -0.25) is 0 Å². The monoisotopic (exact) mass is 347 g/mol. The van der Waals surface area contributed by atoms with Crippen molar-refractivity contribution < 1.29 is 9.53 Å². The van der Waals surface area contributed by atoms with Crippen molar-refractivity contribution in [2.24, 2.45) is 0 Å². The molecule has 0 spiro atoms. The Morgan fingerprint density at radius 2 is 1.83 bits per heavy atom. The molecule has 0 amide bonds. The van der Waals surface area contributed by atoms with Gasteiger partial charge in [0.05, 0.1) is 12.2 Å². The lowest BCUT2D eigenvalue weighted by atomic mass is 9.89. The highest BCUT2D eigenvalue weighted by molar-refractivity contribution is 7.08. The highest BCUT2D eigenvalue weighted by atomic mass is 32.1. The summed E-state index contributed by atoms with van der Waals surface area (Å²) in [5, 5.41) is 4.12. The summed E-state index contributed by atoms with van der Waals surface area (Å²) < 4.78 is 5.65. The van der Waals surface area contributed by atoms with Gasteiger partial charge < -0.3 is 9.64 Å². The maximum Gasteiger partial charge on any atom is 0.338 e. The maximum absolute atomic E-state index is 12.7. The average molecular weight is 348 g/mol. The molecule has 24 heavy (non-hydrogen) atoms. The van der Waals surface area contributed by atoms with Gasteiger partial charge in [0.1, 0.15) is 0 Å². The summed E-state index contributed by atoms with van der Waals surface area (Å²) in [6.45, 7) is 4.00. The number of thiophene rings is 1. The van der Waals surface area contributed by atoms with Crippen molar-refractivity contribution in [3.63, 3.8) is 0 Å². The van der Waals surface area contributed by atoms with Crippen molar-refractivity contribution in [3.05, 3.63) is 28.0 Å². The molecular formula is C20H29NO2S. The number of nitrogens with zero attached hydrogens (tertiary/aromatic N) is 1. The molecule has 1 aliphatic heterocycles. The Labute approximate surface area is 149 Å². The number of rotatable bonds is 6. The van der Waals surface area contributed by atoms with Crippen LogP contribution >= 0.6 is 11.3 Å². The van der Waals surface area contributed by atoms with Crippen LogP contribution < -0.4 is 0 Å². The number of ether oxygens (including phenoxy) is 1. The summed E-state index contributed by atoms with van der Waals surface area (Å²) in [6, 6.07) is 2.05. The van der Waals surface area contributed by atoms with Gasteiger partial charge in [-0.1, -0.05) is 18.4 Å². The summed E-state index contributed by atoms with van der Waals surface area (Å²) >= 11 is 1.65. The van der Waals surface area contributed by atoms with E-state index < -0.39 is 0 Å². The number of carbonyl (C=O) groups is 1. The standard InChI is InChI=1S/C20H29NO2S/c22-20(23-14-7-13-21-11-5-2-6-12-21)19(18-10-15-24-16-18)17-8-3-1-4-9-17/h10,15-16H,1-9,11-14H2. The molecule has 132 valence electrons. The Morgan fingerprint density at radius 3 is 2.54 bits per heavy atom. The number of hydrogen-bond acceptors (Lipinski definition) is 4. The van der Waals surface area contributed by atoms with Crippen LogP contribution in [0.4, 0.5) is 0 Å². The predicted octanol–water partition coefficient (Wildman–Crippen LogP) is 4.89. The SMILES string of the molecule is O=C(OCCCN1CCCCC1)C(=C1CCCCC1)c1ccsc1. The zero-order valence-electron chi connectivity index (χ0n) is 14.6. The lowest BCUT2D eigenvalue weighted by Gasteiger charge is -2.26. The van der Waals surface area contributed by atoms with Gasteiger partial charge in [0, 0.05) is 6.54 Å². The zero-order chi connectivity index (χ0) is 16.6. The third-order valence-electron chi connectivity index (χ3n) is 5.13. The highest BCUT2D eigenvalue weighted by Crippen LogP contribution is 2.32. The van der Waals surface area contributed by atoms with Crippen LogP contribution in [0.5, 0.6) is 0 Å². The second kappa shape index (κ2) is 9.38. The van der Waals surface area contributed by atoms with Gasteiger partial charge in [0.25, 0.3) is 0 Å². The van der Waals surface area contributed by atoms with Gasteiger partial charge >= 0.3 is 5.97 Å². The molecule has 1 aromatic rings. The summed E-state index contributed by atoms with van der Waals surface area (Å²) in [7, 11) is 0. The largest absolute Gasteiger partial charge is 0.462 e. The minimum Gasteiger partial charge on any atom is -0.462 e. The molecule has 0 atom stereocenters. The van der Waals surface area contributed by atoms with Gasteiger partial charge in [-0.25, -0.2) is 4.79 Å². The normalized spacial score (nSPS) is 19.2. The zero-order valence-corrected chi connectivity index (χ0v) is 15.4. The van der Waals surface area contributed by atoms with Crippen molar-refractivity contribution in [2.45, 2.75) is 57.8 Å². The Kier molecular flexibility index (Phi) is 6.91. The molecule has 2 heterocycles. The van der Waals surface area contributed by atoms with Crippen molar-refractivity contribution >= 4 is 22.9 Å². The fraction of sp³-hybridized carbons (Fsp3) is 0.650. The maximum atomic E-state index is 12.7. The van der Waals surface area contributed by atoms with E-state index in [4.69, 9.17) is 4.74 Å². The van der Waals surface area contributed by atoms with E-state index in [-0.39, 0.29) is 5.97 Å². The average Bonchev–Trinajstić information content (AvgIpc) is 3.15. The third-order valence-corrected chi connectivity index (χ3v) is 5.81. The Balaban J connectivity index is 1.54. The summed E-state index contributed by atoms with van der Waals surface area (Å²) in [6.07, 6.45) is 10.7. The van der Waals surface area contributed by atoms with Crippen molar-refractivity contribution in [2.75, 3.05) is 26.2 Å². The number of piperidine rings is 1. The number of hydrogen-bond donors (Lipinski definition) is 0. The van der Waals surface area contributed by atoms with Crippen LogP contribution in [0.1, 0.15) is 63.4 Å². The topological polar surface area (TPSA) is 29.5 Å². The molecule has 3 rings (SSSR count).